The Labute approximate surface area is 171 Å². The fourth-order valence-corrected chi connectivity index (χ4v) is 4.07. The molecule has 4 rings (SSSR count). The van der Waals surface area contributed by atoms with Crippen LogP contribution in [0.3, 0.4) is 0 Å². The first-order valence-electron chi connectivity index (χ1n) is 9.93. The summed E-state index contributed by atoms with van der Waals surface area (Å²) in [5, 5.41) is 1.46. The van der Waals surface area contributed by atoms with Gasteiger partial charge in [0, 0.05) is 6.54 Å². The molecule has 2 aliphatic heterocycles. The normalized spacial score (nSPS) is 22.6. The summed E-state index contributed by atoms with van der Waals surface area (Å²) < 4.78 is 5.53. The van der Waals surface area contributed by atoms with E-state index in [2.05, 4.69) is 13.8 Å². The molecule has 0 unspecified atom stereocenters. The molecule has 6 nitrogen and oxygen atoms in total. The highest BCUT2D eigenvalue weighted by Gasteiger charge is 2.56. The number of fused-ring (bicyclic) bond motifs is 2. The standard InChI is InChI=1S/C23H26N2O4/c1-23(2)13-19(21(26)28-15-17-9-5-3-6-10-17)24-14-20(23)25(22(24)27)29-16-18-11-7-4-8-12-18/h3-12,19-20H,13-16H2,1-2H3/t19-,20-/m0/s1. The van der Waals surface area contributed by atoms with Gasteiger partial charge >= 0.3 is 12.0 Å². The van der Waals surface area contributed by atoms with Crippen LogP contribution in [-0.4, -0.2) is 40.6 Å². The van der Waals surface area contributed by atoms with Crippen LogP contribution < -0.4 is 0 Å². The zero-order valence-corrected chi connectivity index (χ0v) is 16.8. The monoisotopic (exact) mass is 394 g/mol. The summed E-state index contributed by atoms with van der Waals surface area (Å²) in [5.41, 5.74) is 1.65. The third-order valence-corrected chi connectivity index (χ3v) is 5.79. The summed E-state index contributed by atoms with van der Waals surface area (Å²) in [6.45, 7) is 5.13. The van der Waals surface area contributed by atoms with Crippen molar-refractivity contribution in [3.63, 3.8) is 0 Å². The number of hydrogen-bond acceptors (Lipinski definition) is 4. The van der Waals surface area contributed by atoms with E-state index in [1.54, 1.807) is 4.90 Å². The van der Waals surface area contributed by atoms with E-state index in [9.17, 15) is 9.59 Å². The first kappa shape index (κ1) is 19.5. The van der Waals surface area contributed by atoms with Crippen LogP contribution in [0.2, 0.25) is 0 Å². The number of urea groups is 1. The Bertz CT molecular complexity index is 869. The van der Waals surface area contributed by atoms with E-state index < -0.39 is 6.04 Å². The number of carbonyl (C=O) groups excluding carboxylic acids is 2. The number of hydroxylamine groups is 2. The molecular formula is C23H26N2O4. The van der Waals surface area contributed by atoms with Crippen LogP contribution in [0.25, 0.3) is 0 Å². The molecule has 0 N–H and O–H groups in total. The maximum Gasteiger partial charge on any atom is 0.345 e. The van der Waals surface area contributed by atoms with Crippen LogP contribution in [0.1, 0.15) is 31.4 Å². The van der Waals surface area contributed by atoms with E-state index in [4.69, 9.17) is 9.57 Å². The Morgan fingerprint density at radius 2 is 1.59 bits per heavy atom. The SMILES string of the molecule is CC1(C)C[C@@H](C(=O)OCc2ccccc2)N2C[C@@H]1N(OCc1ccccc1)C2=O. The van der Waals surface area contributed by atoms with E-state index in [1.807, 2.05) is 60.7 Å². The summed E-state index contributed by atoms with van der Waals surface area (Å²) in [5.74, 6) is -0.362. The number of amides is 2. The maximum absolute atomic E-state index is 13.0. The summed E-state index contributed by atoms with van der Waals surface area (Å²) >= 11 is 0. The molecule has 2 amide bonds. The van der Waals surface area contributed by atoms with Gasteiger partial charge in [-0.2, -0.15) is 5.06 Å². The summed E-state index contributed by atoms with van der Waals surface area (Å²) in [6.07, 6.45) is 0.544. The van der Waals surface area contributed by atoms with Gasteiger partial charge in [-0.15, -0.1) is 0 Å². The minimum atomic E-state index is -0.595. The van der Waals surface area contributed by atoms with Crippen molar-refractivity contribution in [3.8, 4) is 0 Å². The minimum Gasteiger partial charge on any atom is -0.459 e. The highest BCUT2D eigenvalue weighted by atomic mass is 16.7. The smallest absolute Gasteiger partial charge is 0.345 e. The van der Waals surface area contributed by atoms with E-state index >= 15 is 0 Å². The Kier molecular flexibility index (Phi) is 5.28. The van der Waals surface area contributed by atoms with Gasteiger partial charge in [0.05, 0.1) is 6.04 Å². The number of nitrogens with zero attached hydrogens (tertiary/aromatic N) is 2. The molecule has 2 fully saturated rings. The molecule has 2 bridgehead atoms. The van der Waals surface area contributed by atoms with Gasteiger partial charge in [0.2, 0.25) is 0 Å². The van der Waals surface area contributed by atoms with Gasteiger partial charge in [-0.3, -0.25) is 4.84 Å². The Balaban J connectivity index is 1.44. The van der Waals surface area contributed by atoms with Gasteiger partial charge in [-0.1, -0.05) is 74.5 Å². The first-order chi connectivity index (χ1) is 14.0. The third kappa shape index (κ3) is 3.98. The van der Waals surface area contributed by atoms with Crippen LogP contribution in [-0.2, 0) is 27.6 Å². The van der Waals surface area contributed by atoms with Gasteiger partial charge in [0.15, 0.2) is 0 Å². The van der Waals surface area contributed by atoms with Crippen molar-refractivity contribution in [2.75, 3.05) is 6.54 Å². The maximum atomic E-state index is 13.0. The van der Waals surface area contributed by atoms with Crippen molar-refractivity contribution >= 4 is 12.0 Å². The molecular weight excluding hydrogens is 368 g/mol. The summed E-state index contributed by atoms with van der Waals surface area (Å²) in [7, 11) is 0. The molecule has 152 valence electrons. The quantitative estimate of drug-likeness (QED) is 0.700. The molecule has 6 heteroatoms. The molecule has 2 saturated heterocycles. The lowest BCUT2D eigenvalue weighted by atomic mass is 9.76. The van der Waals surface area contributed by atoms with Crippen LogP contribution in [0, 0.1) is 5.41 Å². The number of benzene rings is 2. The van der Waals surface area contributed by atoms with Gasteiger partial charge in [-0.05, 0) is 23.0 Å². The number of rotatable bonds is 6. The second-order valence-electron chi connectivity index (χ2n) is 8.34. The van der Waals surface area contributed by atoms with Gasteiger partial charge < -0.3 is 9.64 Å². The molecule has 0 aromatic heterocycles. The largest absolute Gasteiger partial charge is 0.459 e. The highest BCUT2D eigenvalue weighted by molar-refractivity contribution is 5.85. The lowest BCUT2D eigenvalue weighted by molar-refractivity contribution is -0.164. The predicted molar refractivity (Wildman–Crippen MR) is 107 cm³/mol. The highest BCUT2D eigenvalue weighted by Crippen LogP contribution is 2.42. The molecule has 2 heterocycles. The van der Waals surface area contributed by atoms with Gasteiger partial charge in [-0.25, -0.2) is 9.59 Å². The molecule has 0 spiro atoms. The van der Waals surface area contributed by atoms with E-state index in [0.29, 0.717) is 19.6 Å². The predicted octanol–water partition coefficient (Wildman–Crippen LogP) is 3.77. The molecule has 0 radical (unpaired) electrons. The fourth-order valence-electron chi connectivity index (χ4n) is 4.07. The third-order valence-electron chi connectivity index (χ3n) is 5.79. The average Bonchev–Trinajstić information content (AvgIpc) is 3.03. The second-order valence-corrected chi connectivity index (χ2v) is 8.34. The van der Waals surface area contributed by atoms with Gasteiger partial charge in [0.25, 0.3) is 0 Å². The molecule has 29 heavy (non-hydrogen) atoms. The summed E-state index contributed by atoms with van der Waals surface area (Å²) in [4.78, 5) is 33.3. The Hall–Kier alpha value is -2.86. The minimum absolute atomic E-state index is 0.100. The number of ether oxygens (including phenoxy) is 1. The van der Waals surface area contributed by atoms with E-state index in [1.165, 1.54) is 5.06 Å². The average molecular weight is 394 g/mol. The van der Waals surface area contributed by atoms with Crippen molar-refractivity contribution < 1.29 is 19.2 Å². The molecule has 0 saturated carbocycles. The number of hydrogen-bond donors (Lipinski definition) is 0. The van der Waals surface area contributed by atoms with Crippen molar-refractivity contribution in [2.45, 2.75) is 45.6 Å². The zero-order valence-electron chi connectivity index (χ0n) is 16.8. The first-order valence-corrected chi connectivity index (χ1v) is 9.93. The second kappa shape index (κ2) is 7.87. The lowest BCUT2D eigenvalue weighted by Gasteiger charge is -2.40. The zero-order chi connectivity index (χ0) is 20.4. The molecule has 2 aromatic carbocycles. The van der Waals surface area contributed by atoms with Crippen molar-refractivity contribution in [2.24, 2.45) is 5.41 Å². The molecule has 2 aromatic rings. The van der Waals surface area contributed by atoms with Crippen molar-refractivity contribution in [1.82, 2.24) is 9.96 Å². The van der Waals surface area contributed by atoms with E-state index in [-0.39, 0.29) is 30.1 Å². The fraction of sp³-hybridized carbons (Fsp3) is 0.391. The number of esters is 1. The van der Waals surface area contributed by atoms with E-state index in [0.717, 1.165) is 11.1 Å². The van der Waals surface area contributed by atoms with Crippen molar-refractivity contribution in [3.05, 3.63) is 71.8 Å². The van der Waals surface area contributed by atoms with Gasteiger partial charge in [0.1, 0.15) is 19.3 Å². The van der Waals surface area contributed by atoms with Crippen LogP contribution in [0.15, 0.2) is 60.7 Å². The molecule has 2 atom stereocenters. The van der Waals surface area contributed by atoms with Crippen LogP contribution >= 0.6 is 0 Å². The van der Waals surface area contributed by atoms with Crippen LogP contribution in [0.5, 0.6) is 0 Å². The number of carbonyl (C=O) groups is 2. The number of piperidine rings is 1. The Morgan fingerprint density at radius 3 is 2.21 bits per heavy atom. The Morgan fingerprint density at radius 1 is 1.00 bits per heavy atom. The van der Waals surface area contributed by atoms with Crippen LogP contribution in [0.4, 0.5) is 4.79 Å². The molecule has 2 aliphatic rings. The molecule has 0 aliphatic carbocycles. The van der Waals surface area contributed by atoms with Crippen molar-refractivity contribution in [1.29, 1.82) is 0 Å². The topological polar surface area (TPSA) is 59.1 Å². The summed E-state index contributed by atoms with van der Waals surface area (Å²) in [6, 6.07) is 18.3. The lowest BCUT2D eigenvalue weighted by Crippen LogP contribution is -2.52.